The highest BCUT2D eigenvalue weighted by atomic mass is 32.1. The van der Waals surface area contributed by atoms with E-state index in [1.807, 2.05) is 24.3 Å². The molecule has 0 bridgehead atoms. The number of quaternary nitrogens is 1. The summed E-state index contributed by atoms with van der Waals surface area (Å²) in [5.41, 5.74) is 1.91. The van der Waals surface area contributed by atoms with Crippen LogP contribution in [0.2, 0.25) is 0 Å². The molecule has 0 spiro atoms. The molecule has 2 atom stereocenters. The van der Waals surface area contributed by atoms with E-state index < -0.39 is 0 Å². The van der Waals surface area contributed by atoms with Crippen LogP contribution in [0.25, 0.3) is 0 Å². The van der Waals surface area contributed by atoms with Crippen LogP contribution in [0.15, 0.2) is 41.8 Å². The summed E-state index contributed by atoms with van der Waals surface area (Å²) >= 11 is 1.76. The number of aryl methyl sites for hydroxylation is 1. The zero-order valence-corrected chi connectivity index (χ0v) is 15.9. The lowest BCUT2D eigenvalue weighted by Crippen LogP contribution is -3.11. The van der Waals surface area contributed by atoms with Gasteiger partial charge >= 0.3 is 0 Å². The fourth-order valence-electron chi connectivity index (χ4n) is 3.55. The summed E-state index contributed by atoms with van der Waals surface area (Å²) < 4.78 is 0. The Morgan fingerprint density at radius 2 is 2.04 bits per heavy atom. The Morgan fingerprint density at radius 1 is 1.19 bits per heavy atom. The zero-order chi connectivity index (χ0) is 18.4. The first-order valence-corrected chi connectivity index (χ1v) is 10.1. The molecule has 2 amide bonds. The van der Waals surface area contributed by atoms with Crippen LogP contribution in [0, 0.1) is 0 Å². The Balaban J connectivity index is 1.47. The summed E-state index contributed by atoms with van der Waals surface area (Å²) in [5, 5.41) is 7.73. The summed E-state index contributed by atoms with van der Waals surface area (Å²) in [5.74, 6) is -0.257. The average Bonchev–Trinajstić information content (AvgIpc) is 3.32. The number of benzene rings is 1. The van der Waals surface area contributed by atoms with Crippen LogP contribution in [-0.2, 0) is 16.0 Å². The molecule has 1 aromatic heterocycles. The molecular formula is C20H26N3O2S+. The van der Waals surface area contributed by atoms with Gasteiger partial charge < -0.3 is 15.5 Å². The van der Waals surface area contributed by atoms with Gasteiger partial charge in [0.05, 0.1) is 18.0 Å². The van der Waals surface area contributed by atoms with Crippen molar-refractivity contribution >= 4 is 28.8 Å². The molecule has 1 aromatic carbocycles. The van der Waals surface area contributed by atoms with Gasteiger partial charge in [0.25, 0.3) is 5.91 Å². The maximum atomic E-state index is 12.3. The molecule has 2 aromatic rings. The van der Waals surface area contributed by atoms with Crippen molar-refractivity contribution in [3.05, 3.63) is 52.2 Å². The predicted octanol–water partition coefficient (Wildman–Crippen LogP) is 1.79. The molecule has 3 N–H and O–H groups in total. The van der Waals surface area contributed by atoms with E-state index in [9.17, 15) is 9.59 Å². The number of nitrogens with one attached hydrogen (secondary N) is 3. The van der Waals surface area contributed by atoms with Crippen LogP contribution in [0.4, 0.5) is 5.69 Å². The van der Waals surface area contributed by atoms with Crippen molar-refractivity contribution in [1.82, 2.24) is 5.32 Å². The van der Waals surface area contributed by atoms with Gasteiger partial charge in [-0.05, 0) is 29.5 Å². The fraction of sp³-hybridized carbons (Fsp3) is 0.400. The van der Waals surface area contributed by atoms with E-state index in [-0.39, 0.29) is 18.4 Å². The number of hydrogen-bond donors (Lipinski definition) is 3. The monoisotopic (exact) mass is 372 g/mol. The second kappa shape index (κ2) is 8.96. The molecule has 6 heteroatoms. The number of hydrogen-bond acceptors (Lipinski definition) is 3. The topological polar surface area (TPSA) is 62.6 Å². The minimum atomic E-state index is -0.189. The van der Waals surface area contributed by atoms with Gasteiger partial charge in [-0.2, -0.15) is 0 Å². The molecule has 1 aliphatic heterocycles. The van der Waals surface area contributed by atoms with E-state index in [0.29, 0.717) is 12.6 Å². The first-order valence-electron chi connectivity index (χ1n) is 9.19. The van der Waals surface area contributed by atoms with E-state index in [1.165, 1.54) is 9.78 Å². The maximum Gasteiger partial charge on any atom is 0.275 e. The Morgan fingerprint density at radius 3 is 2.81 bits per heavy atom. The van der Waals surface area contributed by atoms with Crippen molar-refractivity contribution in [2.75, 3.05) is 25.0 Å². The molecule has 5 nitrogen and oxygen atoms in total. The number of para-hydroxylation sites is 1. The van der Waals surface area contributed by atoms with Gasteiger partial charge in [-0.25, -0.2) is 0 Å². The summed E-state index contributed by atoms with van der Waals surface area (Å²) in [4.78, 5) is 27.1. The SMILES string of the molecule is CCc1ccccc1NC(=O)CNC(=O)C[NH+]1CCC[C@@H]1c1cccs1. The molecule has 1 saturated heterocycles. The van der Waals surface area contributed by atoms with E-state index in [1.54, 1.807) is 11.3 Å². The quantitative estimate of drug-likeness (QED) is 0.694. The lowest BCUT2D eigenvalue weighted by Gasteiger charge is -2.20. The second-order valence-electron chi connectivity index (χ2n) is 6.63. The van der Waals surface area contributed by atoms with E-state index in [0.717, 1.165) is 37.1 Å². The zero-order valence-electron chi connectivity index (χ0n) is 15.1. The Kier molecular flexibility index (Phi) is 6.41. The van der Waals surface area contributed by atoms with E-state index in [4.69, 9.17) is 0 Å². The maximum absolute atomic E-state index is 12.3. The normalized spacial score (nSPS) is 19.3. The van der Waals surface area contributed by atoms with Crippen molar-refractivity contribution in [1.29, 1.82) is 0 Å². The summed E-state index contributed by atoms with van der Waals surface area (Å²) in [6.45, 7) is 3.48. The molecule has 0 aliphatic carbocycles. The Bertz CT molecular complexity index is 745. The third kappa shape index (κ3) is 4.71. The Hall–Kier alpha value is -2.18. The largest absolute Gasteiger partial charge is 0.342 e. The number of thiophene rings is 1. The van der Waals surface area contributed by atoms with Crippen LogP contribution in [0.5, 0.6) is 0 Å². The molecule has 26 heavy (non-hydrogen) atoms. The number of carbonyl (C=O) groups is 2. The Labute approximate surface area is 158 Å². The van der Waals surface area contributed by atoms with Gasteiger partial charge in [-0.3, -0.25) is 9.59 Å². The first kappa shape index (κ1) is 18.6. The number of rotatable bonds is 7. The third-order valence-corrected chi connectivity index (χ3v) is 5.86. The highest BCUT2D eigenvalue weighted by molar-refractivity contribution is 7.10. The number of carbonyl (C=O) groups excluding carboxylic acids is 2. The smallest absolute Gasteiger partial charge is 0.275 e. The van der Waals surface area contributed by atoms with Crippen LogP contribution >= 0.6 is 11.3 Å². The summed E-state index contributed by atoms with van der Waals surface area (Å²) in [6.07, 6.45) is 3.11. The molecule has 138 valence electrons. The van der Waals surface area contributed by atoms with Crippen LogP contribution in [0.1, 0.15) is 36.2 Å². The van der Waals surface area contributed by atoms with Crippen molar-refractivity contribution < 1.29 is 14.5 Å². The van der Waals surface area contributed by atoms with Crippen LogP contribution in [-0.4, -0.2) is 31.4 Å². The van der Waals surface area contributed by atoms with Crippen molar-refractivity contribution in [3.63, 3.8) is 0 Å². The summed E-state index contributed by atoms with van der Waals surface area (Å²) in [7, 11) is 0. The van der Waals surface area contributed by atoms with Gasteiger partial charge in [-0.1, -0.05) is 31.2 Å². The van der Waals surface area contributed by atoms with Gasteiger partial charge in [-0.15, -0.1) is 11.3 Å². The molecule has 1 fully saturated rings. The van der Waals surface area contributed by atoms with Gasteiger partial charge in [0.1, 0.15) is 6.04 Å². The van der Waals surface area contributed by atoms with Gasteiger partial charge in [0.2, 0.25) is 5.91 Å². The molecule has 1 aliphatic rings. The van der Waals surface area contributed by atoms with Gasteiger partial charge in [0.15, 0.2) is 6.54 Å². The van der Waals surface area contributed by atoms with Crippen LogP contribution < -0.4 is 15.5 Å². The van der Waals surface area contributed by atoms with Crippen LogP contribution in [0.3, 0.4) is 0 Å². The lowest BCUT2D eigenvalue weighted by molar-refractivity contribution is -0.910. The van der Waals surface area contributed by atoms with Crippen molar-refractivity contribution in [2.24, 2.45) is 0 Å². The van der Waals surface area contributed by atoms with Crippen molar-refractivity contribution in [2.45, 2.75) is 32.2 Å². The molecule has 2 heterocycles. The minimum absolute atomic E-state index is 0.00777. The highest BCUT2D eigenvalue weighted by Crippen LogP contribution is 2.23. The van der Waals surface area contributed by atoms with E-state index in [2.05, 4.69) is 35.1 Å². The lowest BCUT2D eigenvalue weighted by atomic mass is 10.1. The standard InChI is InChI=1S/C20H25N3O2S/c1-2-15-7-3-4-8-16(15)22-19(24)13-21-20(25)14-23-11-5-9-17(23)18-10-6-12-26-18/h3-4,6-8,10,12,17H,2,5,9,11,13-14H2,1H3,(H,21,25)(H,22,24)/p+1/t17-/m1/s1. The highest BCUT2D eigenvalue weighted by Gasteiger charge is 2.32. The molecule has 1 unspecified atom stereocenters. The predicted molar refractivity (Wildman–Crippen MR) is 104 cm³/mol. The molecule has 0 saturated carbocycles. The average molecular weight is 373 g/mol. The van der Waals surface area contributed by atoms with Gasteiger partial charge in [0, 0.05) is 18.5 Å². The minimum Gasteiger partial charge on any atom is -0.342 e. The fourth-order valence-corrected chi connectivity index (χ4v) is 4.47. The number of amides is 2. The number of anilines is 1. The molecular weight excluding hydrogens is 346 g/mol. The van der Waals surface area contributed by atoms with E-state index >= 15 is 0 Å². The molecule has 3 rings (SSSR count). The van der Waals surface area contributed by atoms with Crippen molar-refractivity contribution in [3.8, 4) is 0 Å². The third-order valence-electron chi connectivity index (χ3n) is 4.88. The summed E-state index contributed by atoms with van der Waals surface area (Å²) in [6, 6.07) is 12.4. The first-order chi connectivity index (χ1) is 12.7. The molecule has 0 radical (unpaired) electrons. The number of likely N-dealkylation sites (tertiary alicyclic amines) is 1. The second-order valence-corrected chi connectivity index (χ2v) is 7.61.